The maximum absolute atomic E-state index is 10.9. The van der Waals surface area contributed by atoms with Crippen LogP contribution >= 0.6 is 0 Å². The van der Waals surface area contributed by atoms with E-state index in [1.54, 1.807) is 31.2 Å². The zero-order valence-corrected chi connectivity index (χ0v) is 14.8. The topological polar surface area (TPSA) is 86.7 Å². The van der Waals surface area contributed by atoms with Crippen LogP contribution in [0, 0.1) is 0 Å². The second-order valence-corrected chi connectivity index (χ2v) is 3.21. The molecular formula is C14H15KO5. The number of carbonyl (C=O) groups is 2. The fraction of sp³-hybridized carbons (Fsp3) is 0.143. The Kier molecular flexibility index (Phi) is 14.0. The molecule has 1 aromatic carbocycles. The van der Waals surface area contributed by atoms with Gasteiger partial charge in [0.1, 0.15) is 11.3 Å². The van der Waals surface area contributed by atoms with Crippen LogP contribution in [0.4, 0.5) is 0 Å². The van der Waals surface area contributed by atoms with Gasteiger partial charge in [0, 0.05) is 0 Å². The number of carboxylic acids is 1. The Morgan fingerprint density at radius 2 is 1.85 bits per heavy atom. The van der Waals surface area contributed by atoms with Gasteiger partial charge in [0.2, 0.25) is 0 Å². The molecule has 0 fully saturated rings. The predicted molar refractivity (Wildman–Crippen MR) is 68.4 cm³/mol. The van der Waals surface area contributed by atoms with Crippen molar-refractivity contribution in [2.45, 2.75) is 6.92 Å². The van der Waals surface area contributed by atoms with Gasteiger partial charge in [-0.1, -0.05) is 30.4 Å². The number of esters is 1. The molecule has 1 aromatic rings. The molecule has 5 nitrogen and oxygen atoms in total. The molecule has 1 N–H and O–H groups in total. The molecule has 0 aliphatic rings. The first kappa shape index (κ1) is 21.4. The van der Waals surface area contributed by atoms with Crippen molar-refractivity contribution in [1.82, 2.24) is 0 Å². The SMILES string of the molecule is C/C=C/C=C/C(=O)[O-].COC(=O)c1ccccc1O.[K+]. The number of hydrogen-bond donors (Lipinski definition) is 1. The number of allylic oxidation sites excluding steroid dienone is 3. The quantitative estimate of drug-likeness (QED) is 0.304. The third-order valence-corrected chi connectivity index (χ3v) is 1.85. The molecule has 0 radical (unpaired) electrons. The van der Waals surface area contributed by atoms with E-state index in [-0.39, 0.29) is 62.7 Å². The van der Waals surface area contributed by atoms with Crippen LogP contribution in [-0.4, -0.2) is 24.2 Å². The summed E-state index contributed by atoms with van der Waals surface area (Å²) >= 11 is 0. The van der Waals surface area contributed by atoms with Gasteiger partial charge in [0.15, 0.2) is 0 Å². The Morgan fingerprint density at radius 3 is 2.30 bits per heavy atom. The largest absolute Gasteiger partial charge is 1.00 e. The van der Waals surface area contributed by atoms with Crippen LogP contribution in [0.1, 0.15) is 17.3 Å². The van der Waals surface area contributed by atoms with E-state index in [1.165, 1.54) is 25.3 Å². The molecule has 0 heterocycles. The molecule has 0 aliphatic heterocycles. The molecule has 1 rings (SSSR count). The Balaban J connectivity index is 0. The summed E-state index contributed by atoms with van der Waals surface area (Å²) in [7, 11) is 1.27. The van der Waals surface area contributed by atoms with Gasteiger partial charge in [-0.2, -0.15) is 0 Å². The summed E-state index contributed by atoms with van der Waals surface area (Å²) in [6.07, 6.45) is 5.74. The Morgan fingerprint density at radius 1 is 1.25 bits per heavy atom. The summed E-state index contributed by atoms with van der Waals surface area (Å²) in [5.74, 6) is -1.74. The standard InChI is InChI=1S/C8H8O3.C6H8O2.K/c1-11-8(10)6-4-2-3-5-7(6)9;1-2-3-4-5-6(7)8;/h2-5,9H,1H3;2-5H,1H3,(H,7,8);/q;;+1/p-1/b;3-2+,5-4+;. The summed E-state index contributed by atoms with van der Waals surface area (Å²) in [4.78, 5) is 20.5. The number of methoxy groups -OCH3 is 1. The number of carboxylic acid groups (broad SMARTS) is 1. The number of rotatable bonds is 3. The molecule has 0 aliphatic carbocycles. The van der Waals surface area contributed by atoms with Gasteiger partial charge in [0.05, 0.1) is 13.1 Å². The zero-order chi connectivity index (χ0) is 14.7. The van der Waals surface area contributed by atoms with Crippen LogP contribution in [0.2, 0.25) is 0 Å². The summed E-state index contributed by atoms with van der Waals surface area (Å²) in [5, 5.41) is 18.8. The van der Waals surface area contributed by atoms with Gasteiger partial charge >= 0.3 is 57.4 Å². The number of phenolic OH excluding ortho intramolecular Hbond substituents is 1. The van der Waals surface area contributed by atoms with E-state index < -0.39 is 11.9 Å². The molecule has 0 aromatic heterocycles. The van der Waals surface area contributed by atoms with Gasteiger partial charge in [-0.05, 0) is 25.1 Å². The maximum atomic E-state index is 10.9. The summed E-state index contributed by atoms with van der Waals surface area (Å²) in [6.45, 7) is 1.81. The van der Waals surface area contributed by atoms with Crippen LogP contribution in [0.25, 0.3) is 0 Å². The van der Waals surface area contributed by atoms with E-state index in [0.717, 1.165) is 6.08 Å². The van der Waals surface area contributed by atoms with Gasteiger partial charge in [0.25, 0.3) is 0 Å². The zero-order valence-electron chi connectivity index (χ0n) is 11.7. The first-order valence-corrected chi connectivity index (χ1v) is 5.39. The van der Waals surface area contributed by atoms with Crippen molar-refractivity contribution in [1.29, 1.82) is 0 Å². The molecule has 0 saturated carbocycles. The van der Waals surface area contributed by atoms with E-state index in [9.17, 15) is 14.7 Å². The molecule has 0 saturated heterocycles. The van der Waals surface area contributed by atoms with Crippen LogP contribution in [0.3, 0.4) is 0 Å². The Labute approximate surface area is 160 Å². The average molecular weight is 302 g/mol. The molecular weight excluding hydrogens is 287 g/mol. The fourth-order valence-electron chi connectivity index (χ4n) is 1.00. The second-order valence-electron chi connectivity index (χ2n) is 3.21. The van der Waals surface area contributed by atoms with Crippen molar-refractivity contribution in [3.05, 3.63) is 54.1 Å². The van der Waals surface area contributed by atoms with Gasteiger partial charge in [-0.25, -0.2) is 4.79 Å². The summed E-state index contributed by atoms with van der Waals surface area (Å²) < 4.78 is 4.42. The van der Waals surface area contributed by atoms with Gasteiger partial charge in [-0.3, -0.25) is 0 Å². The molecule has 0 spiro atoms. The van der Waals surface area contributed by atoms with Crippen molar-refractivity contribution in [2.24, 2.45) is 0 Å². The summed E-state index contributed by atoms with van der Waals surface area (Å²) in [5.41, 5.74) is 0.190. The van der Waals surface area contributed by atoms with Crippen molar-refractivity contribution in [3.8, 4) is 5.75 Å². The number of ether oxygens (including phenoxy) is 1. The van der Waals surface area contributed by atoms with Crippen LogP contribution in [0.15, 0.2) is 48.6 Å². The average Bonchev–Trinajstić information content (AvgIpc) is 2.39. The third kappa shape index (κ3) is 9.94. The van der Waals surface area contributed by atoms with E-state index in [0.29, 0.717) is 0 Å². The molecule has 102 valence electrons. The first-order valence-electron chi connectivity index (χ1n) is 5.39. The fourth-order valence-corrected chi connectivity index (χ4v) is 1.00. The molecule has 0 unspecified atom stereocenters. The van der Waals surface area contributed by atoms with E-state index in [1.807, 2.05) is 0 Å². The predicted octanol–water partition coefficient (Wildman–Crippen LogP) is -1.95. The number of para-hydroxylation sites is 1. The van der Waals surface area contributed by atoms with Crippen LogP contribution in [0.5, 0.6) is 5.75 Å². The molecule has 20 heavy (non-hydrogen) atoms. The van der Waals surface area contributed by atoms with Gasteiger partial charge < -0.3 is 19.7 Å². The number of phenols is 1. The minimum Gasteiger partial charge on any atom is -0.545 e. The van der Waals surface area contributed by atoms with Crippen molar-refractivity contribution < 1.29 is 75.9 Å². The second kappa shape index (κ2) is 13.1. The Hall–Kier alpha value is -0.924. The van der Waals surface area contributed by atoms with E-state index >= 15 is 0 Å². The van der Waals surface area contributed by atoms with Crippen molar-refractivity contribution >= 4 is 11.9 Å². The Bertz CT molecular complexity index is 480. The minimum atomic E-state index is -1.16. The van der Waals surface area contributed by atoms with Gasteiger partial charge in [-0.15, -0.1) is 0 Å². The third-order valence-electron chi connectivity index (χ3n) is 1.85. The monoisotopic (exact) mass is 302 g/mol. The number of hydrogen-bond acceptors (Lipinski definition) is 5. The molecule has 0 bridgehead atoms. The maximum Gasteiger partial charge on any atom is 1.00 e. The van der Waals surface area contributed by atoms with E-state index in [4.69, 9.17) is 5.11 Å². The first-order chi connectivity index (χ1) is 9.02. The van der Waals surface area contributed by atoms with Crippen LogP contribution < -0.4 is 56.5 Å². The molecule has 6 heteroatoms. The van der Waals surface area contributed by atoms with Crippen LogP contribution in [-0.2, 0) is 9.53 Å². The molecule has 0 atom stereocenters. The van der Waals surface area contributed by atoms with Crippen molar-refractivity contribution in [2.75, 3.05) is 7.11 Å². The molecule has 0 amide bonds. The number of aromatic hydroxyl groups is 1. The number of aliphatic carboxylic acids is 1. The number of benzene rings is 1. The van der Waals surface area contributed by atoms with E-state index in [2.05, 4.69) is 4.74 Å². The smallest absolute Gasteiger partial charge is 0.545 e. The minimum absolute atomic E-state index is 0. The number of carbonyl (C=O) groups excluding carboxylic acids is 2. The van der Waals surface area contributed by atoms with Crippen molar-refractivity contribution in [3.63, 3.8) is 0 Å². The summed E-state index contributed by atoms with van der Waals surface area (Å²) in [6, 6.07) is 6.24. The normalized spacial score (nSPS) is 9.50.